The van der Waals surface area contributed by atoms with Gasteiger partial charge in [0, 0.05) is 24.5 Å². The van der Waals surface area contributed by atoms with Crippen molar-refractivity contribution < 1.29 is 14.7 Å². The molecular formula is C14H24N2O3. The zero-order valence-corrected chi connectivity index (χ0v) is 11.8. The van der Waals surface area contributed by atoms with Crippen molar-refractivity contribution in [3.63, 3.8) is 0 Å². The molecule has 2 N–H and O–H groups in total. The van der Waals surface area contributed by atoms with Crippen molar-refractivity contribution in [2.45, 2.75) is 70.0 Å². The van der Waals surface area contributed by atoms with Crippen LogP contribution in [0.4, 0.5) is 0 Å². The van der Waals surface area contributed by atoms with Crippen LogP contribution in [-0.4, -0.2) is 46.1 Å². The molecule has 5 heteroatoms. The van der Waals surface area contributed by atoms with Gasteiger partial charge in [0.05, 0.1) is 6.04 Å². The van der Waals surface area contributed by atoms with Crippen LogP contribution in [0.1, 0.15) is 52.4 Å². The molecule has 5 nitrogen and oxygen atoms in total. The predicted molar refractivity (Wildman–Crippen MR) is 71.8 cm³/mol. The zero-order valence-electron chi connectivity index (χ0n) is 11.8. The molecule has 1 saturated carbocycles. The van der Waals surface area contributed by atoms with Gasteiger partial charge in [-0.05, 0) is 33.1 Å². The number of carbonyl (C=O) groups is 2. The lowest BCUT2D eigenvalue weighted by Gasteiger charge is -2.50. The van der Waals surface area contributed by atoms with E-state index in [0.717, 1.165) is 12.8 Å². The Kier molecular flexibility index (Phi) is 4.13. The summed E-state index contributed by atoms with van der Waals surface area (Å²) in [4.78, 5) is 25.2. The second-order valence-corrected chi connectivity index (χ2v) is 6.32. The van der Waals surface area contributed by atoms with Gasteiger partial charge in [-0.25, -0.2) is 0 Å². The molecule has 0 radical (unpaired) electrons. The molecule has 108 valence electrons. The molecule has 0 aromatic rings. The number of amides is 1. The van der Waals surface area contributed by atoms with E-state index >= 15 is 0 Å². The van der Waals surface area contributed by atoms with Crippen LogP contribution >= 0.6 is 0 Å². The maximum atomic E-state index is 12.1. The molecule has 1 unspecified atom stereocenters. The van der Waals surface area contributed by atoms with Gasteiger partial charge >= 0.3 is 5.97 Å². The Balaban J connectivity index is 2.17. The Labute approximate surface area is 114 Å². The summed E-state index contributed by atoms with van der Waals surface area (Å²) in [5.74, 6) is -0.838. The minimum Gasteiger partial charge on any atom is -0.481 e. The van der Waals surface area contributed by atoms with Crippen LogP contribution in [0.25, 0.3) is 0 Å². The number of carboxylic acids is 1. The molecule has 0 aromatic heterocycles. The van der Waals surface area contributed by atoms with Gasteiger partial charge in [0.2, 0.25) is 5.91 Å². The summed E-state index contributed by atoms with van der Waals surface area (Å²) in [5, 5.41) is 11.8. The van der Waals surface area contributed by atoms with Crippen molar-refractivity contribution in [3.05, 3.63) is 0 Å². The highest BCUT2D eigenvalue weighted by Gasteiger charge is 2.45. The largest absolute Gasteiger partial charge is 0.481 e. The van der Waals surface area contributed by atoms with E-state index in [-0.39, 0.29) is 23.9 Å². The van der Waals surface area contributed by atoms with Crippen LogP contribution < -0.4 is 5.32 Å². The number of carboxylic acid groups (broad SMARTS) is 1. The molecule has 2 aliphatic rings. The smallest absolute Gasteiger partial charge is 0.303 e. The Morgan fingerprint density at radius 3 is 2.63 bits per heavy atom. The fraction of sp³-hybridized carbons (Fsp3) is 0.857. The molecule has 0 aromatic carbocycles. The van der Waals surface area contributed by atoms with Gasteiger partial charge in [0.15, 0.2) is 0 Å². The minimum absolute atomic E-state index is 0.00697. The molecule has 1 saturated heterocycles. The van der Waals surface area contributed by atoms with Crippen LogP contribution in [-0.2, 0) is 9.59 Å². The molecule has 0 spiro atoms. The van der Waals surface area contributed by atoms with Crippen molar-refractivity contribution in [2.24, 2.45) is 0 Å². The van der Waals surface area contributed by atoms with E-state index in [0.29, 0.717) is 19.0 Å². The lowest BCUT2D eigenvalue weighted by Crippen LogP contribution is -2.67. The molecule has 1 atom stereocenters. The van der Waals surface area contributed by atoms with Crippen molar-refractivity contribution in [1.82, 2.24) is 10.2 Å². The summed E-state index contributed by atoms with van der Waals surface area (Å²) in [7, 11) is 0. The molecule has 2 fully saturated rings. The van der Waals surface area contributed by atoms with E-state index in [9.17, 15) is 9.59 Å². The highest BCUT2D eigenvalue weighted by atomic mass is 16.4. The standard InChI is InChI=1S/C14H24N2O3/c1-14(2)9-15-13(19)11(7-8-12(17)18)16(14)10-5-3-4-6-10/h10-11H,3-9H2,1-2H3,(H,15,19)(H,17,18). The molecule has 0 bridgehead atoms. The maximum absolute atomic E-state index is 12.1. The van der Waals surface area contributed by atoms with Crippen LogP contribution in [0.3, 0.4) is 0 Å². The fourth-order valence-electron chi connectivity index (χ4n) is 3.52. The number of hydrogen-bond donors (Lipinski definition) is 2. The zero-order chi connectivity index (χ0) is 14.0. The monoisotopic (exact) mass is 268 g/mol. The number of aliphatic carboxylic acids is 1. The second kappa shape index (κ2) is 5.49. The van der Waals surface area contributed by atoms with Crippen LogP contribution in [0, 0.1) is 0 Å². The van der Waals surface area contributed by atoms with E-state index in [1.54, 1.807) is 0 Å². The van der Waals surface area contributed by atoms with Gasteiger partial charge in [0.25, 0.3) is 0 Å². The number of piperazine rings is 1. The van der Waals surface area contributed by atoms with Crippen molar-refractivity contribution >= 4 is 11.9 Å². The van der Waals surface area contributed by atoms with Crippen LogP contribution in [0.15, 0.2) is 0 Å². The van der Waals surface area contributed by atoms with Gasteiger partial charge in [-0.3, -0.25) is 14.5 Å². The quantitative estimate of drug-likeness (QED) is 0.808. The Bertz CT molecular complexity index is 362. The number of nitrogens with one attached hydrogen (secondary N) is 1. The summed E-state index contributed by atoms with van der Waals surface area (Å²) in [6.45, 7) is 4.92. The third kappa shape index (κ3) is 3.08. The first-order valence-corrected chi connectivity index (χ1v) is 7.20. The lowest BCUT2D eigenvalue weighted by atomic mass is 9.90. The third-order valence-electron chi connectivity index (χ3n) is 4.38. The van der Waals surface area contributed by atoms with Crippen molar-refractivity contribution in [3.8, 4) is 0 Å². The van der Waals surface area contributed by atoms with E-state index < -0.39 is 5.97 Å². The Morgan fingerprint density at radius 2 is 2.05 bits per heavy atom. The first-order valence-electron chi connectivity index (χ1n) is 7.20. The third-order valence-corrected chi connectivity index (χ3v) is 4.38. The average Bonchev–Trinajstić information content (AvgIpc) is 2.83. The molecule has 1 aliphatic carbocycles. The molecule has 1 amide bonds. The predicted octanol–water partition coefficient (Wildman–Crippen LogP) is 1.37. The van der Waals surface area contributed by atoms with Gasteiger partial charge in [0.1, 0.15) is 0 Å². The number of rotatable bonds is 4. The summed E-state index contributed by atoms with van der Waals surface area (Å²) in [6, 6.07) is 0.141. The highest BCUT2D eigenvalue weighted by molar-refractivity contribution is 5.83. The Morgan fingerprint density at radius 1 is 1.42 bits per heavy atom. The van der Waals surface area contributed by atoms with Gasteiger partial charge < -0.3 is 10.4 Å². The fourth-order valence-corrected chi connectivity index (χ4v) is 3.52. The molecule has 1 heterocycles. The maximum Gasteiger partial charge on any atom is 0.303 e. The molecular weight excluding hydrogens is 244 g/mol. The number of nitrogens with zero attached hydrogens (tertiary/aromatic N) is 1. The van der Waals surface area contributed by atoms with Crippen molar-refractivity contribution in [2.75, 3.05) is 6.54 Å². The van der Waals surface area contributed by atoms with E-state index in [1.165, 1.54) is 12.8 Å². The highest BCUT2D eigenvalue weighted by Crippen LogP contribution is 2.34. The number of carbonyl (C=O) groups excluding carboxylic acids is 1. The minimum atomic E-state index is -0.831. The summed E-state index contributed by atoms with van der Waals surface area (Å²) in [6.07, 6.45) is 5.13. The average molecular weight is 268 g/mol. The topological polar surface area (TPSA) is 69.6 Å². The summed E-state index contributed by atoms with van der Waals surface area (Å²) < 4.78 is 0. The van der Waals surface area contributed by atoms with E-state index in [1.807, 2.05) is 0 Å². The van der Waals surface area contributed by atoms with Gasteiger partial charge in [-0.2, -0.15) is 0 Å². The first-order chi connectivity index (χ1) is 8.92. The van der Waals surface area contributed by atoms with E-state index in [2.05, 4.69) is 24.1 Å². The van der Waals surface area contributed by atoms with Crippen LogP contribution in [0.5, 0.6) is 0 Å². The molecule has 19 heavy (non-hydrogen) atoms. The van der Waals surface area contributed by atoms with Crippen LogP contribution in [0.2, 0.25) is 0 Å². The second-order valence-electron chi connectivity index (χ2n) is 6.32. The molecule has 2 rings (SSSR count). The molecule has 1 aliphatic heterocycles. The van der Waals surface area contributed by atoms with Gasteiger partial charge in [-0.1, -0.05) is 12.8 Å². The summed E-state index contributed by atoms with van der Waals surface area (Å²) >= 11 is 0. The summed E-state index contributed by atoms with van der Waals surface area (Å²) in [5.41, 5.74) is -0.0912. The SMILES string of the molecule is CC1(C)CNC(=O)C(CCC(=O)O)N1C1CCCC1. The Hall–Kier alpha value is -1.10. The normalized spacial score (nSPS) is 28.3. The first kappa shape index (κ1) is 14.3. The lowest BCUT2D eigenvalue weighted by molar-refractivity contribution is -0.141. The van der Waals surface area contributed by atoms with E-state index in [4.69, 9.17) is 5.11 Å². The van der Waals surface area contributed by atoms with Crippen molar-refractivity contribution in [1.29, 1.82) is 0 Å². The van der Waals surface area contributed by atoms with Gasteiger partial charge in [-0.15, -0.1) is 0 Å². The number of hydrogen-bond acceptors (Lipinski definition) is 3.